The number of piperidine rings is 1. The SMILES string of the molecule is CC1CCCC(CCN2CC3CCCCN3CC2C)C1. The molecule has 1 saturated carbocycles. The van der Waals surface area contributed by atoms with Gasteiger partial charge in [-0.25, -0.2) is 0 Å². The molecule has 116 valence electrons. The maximum atomic E-state index is 2.81. The van der Waals surface area contributed by atoms with Crippen molar-refractivity contribution in [3.8, 4) is 0 Å². The molecule has 0 aromatic carbocycles. The summed E-state index contributed by atoms with van der Waals surface area (Å²) in [6.07, 6.45) is 11.8. The lowest BCUT2D eigenvalue weighted by atomic mass is 9.80. The van der Waals surface area contributed by atoms with E-state index in [1.807, 2.05) is 0 Å². The Bertz CT molecular complexity index is 304. The molecule has 3 rings (SSSR count). The molecule has 2 nitrogen and oxygen atoms in total. The minimum Gasteiger partial charge on any atom is -0.298 e. The zero-order valence-electron chi connectivity index (χ0n) is 13.7. The summed E-state index contributed by atoms with van der Waals surface area (Å²) in [7, 11) is 0. The molecule has 20 heavy (non-hydrogen) atoms. The molecule has 0 N–H and O–H groups in total. The molecule has 3 aliphatic rings. The van der Waals surface area contributed by atoms with Crippen molar-refractivity contribution in [2.24, 2.45) is 11.8 Å². The molecule has 2 aliphatic heterocycles. The summed E-state index contributed by atoms with van der Waals surface area (Å²) in [6, 6.07) is 1.66. The lowest BCUT2D eigenvalue weighted by Gasteiger charge is -2.48. The van der Waals surface area contributed by atoms with Crippen molar-refractivity contribution in [2.45, 2.75) is 77.3 Å². The first-order valence-corrected chi connectivity index (χ1v) is 9.20. The van der Waals surface area contributed by atoms with Gasteiger partial charge in [0.25, 0.3) is 0 Å². The van der Waals surface area contributed by atoms with E-state index in [1.54, 1.807) is 0 Å². The van der Waals surface area contributed by atoms with Gasteiger partial charge in [-0.3, -0.25) is 9.80 Å². The van der Waals surface area contributed by atoms with Crippen molar-refractivity contribution in [1.82, 2.24) is 9.80 Å². The average molecular weight is 278 g/mol. The quantitative estimate of drug-likeness (QED) is 0.775. The van der Waals surface area contributed by atoms with Crippen LogP contribution in [0.25, 0.3) is 0 Å². The van der Waals surface area contributed by atoms with Crippen LogP contribution < -0.4 is 0 Å². The number of fused-ring (bicyclic) bond motifs is 1. The fraction of sp³-hybridized carbons (Fsp3) is 1.00. The van der Waals surface area contributed by atoms with Crippen molar-refractivity contribution >= 4 is 0 Å². The van der Waals surface area contributed by atoms with Crippen molar-refractivity contribution in [3.63, 3.8) is 0 Å². The van der Waals surface area contributed by atoms with Crippen LogP contribution in [-0.2, 0) is 0 Å². The van der Waals surface area contributed by atoms with Gasteiger partial charge >= 0.3 is 0 Å². The third-order valence-corrected chi connectivity index (χ3v) is 6.19. The van der Waals surface area contributed by atoms with Gasteiger partial charge in [0.1, 0.15) is 0 Å². The van der Waals surface area contributed by atoms with Gasteiger partial charge in [0.05, 0.1) is 0 Å². The lowest BCUT2D eigenvalue weighted by molar-refractivity contribution is 0.0116. The predicted octanol–water partition coefficient (Wildman–Crippen LogP) is 3.76. The molecule has 0 bridgehead atoms. The molecule has 0 radical (unpaired) electrons. The maximum Gasteiger partial charge on any atom is 0.0223 e. The van der Waals surface area contributed by atoms with E-state index < -0.39 is 0 Å². The van der Waals surface area contributed by atoms with Crippen LogP contribution in [0.4, 0.5) is 0 Å². The molecule has 0 spiro atoms. The molecule has 2 saturated heterocycles. The van der Waals surface area contributed by atoms with Crippen LogP contribution in [0.2, 0.25) is 0 Å². The Morgan fingerprint density at radius 2 is 1.85 bits per heavy atom. The molecule has 0 aromatic rings. The van der Waals surface area contributed by atoms with Crippen LogP contribution in [0.15, 0.2) is 0 Å². The summed E-state index contributed by atoms with van der Waals surface area (Å²) in [4.78, 5) is 5.58. The van der Waals surface area contributed by atoms with Crippen LogP contribution in [0.1, 0.15) is 65.2 Å². The third kappa shape index (κ3) is 3.57. The second-order valence-corrected chi connectivity index (χ2v) is 7.91. The molecule has 2 heteroatoms. The van der Waals surface area contributed by atoms with Crippen LogP contribution in [-0.4, -0.2) is 48.1 Å². The van der Waals surface area contributed by atoms with E-state index in [9.17, 15) is 0 Å². The Morgan fingerprint density at radius 3 is 2.70 bits per heavy atom. The smallest absolute Gasteiger partial charge is 0.0223 e. The maximum absolute atomic E-state index is 2.81. The minimum absolute atomic E-state index is 0.783. The summed E-state index contributed by atoms with van der Waals surface area (Å²) >= 11 is 0. The molecule has 2 heterocycles. The second kappa shape index (κ2) is 6.79. The van der Waals surface area contributed by atoms with Crippen molar-refractivity contribution in [1.29, 1.82) is 0 Å². The van der Waals surface area contributed by atoms with E-state index in [1.165, 1.54) is 77.5 Å². The molecule has 0 aromatic heterocycles. The molecule has 1 aliphatic carbocycles. The number of hydrogen-bond acceptors (Lipinski definition) is 2. The van der Waals surface area contributed by atoms with Gasteiger partial charge in [0, 0.05) is 25.2 Å². The summed E-state index contributed by atoms with van der Waals surface area (Å²) in [6.45, 7) is 10.3. The number of rotatable bonds is 3. The van der Waals surface area contributed by atoms with Gasteiger partial charge < -0.3 is 0 Å². The normalized spacial score (nSPS) is 40.5. The summed E-state index contributed by atoms with van der Waals surface area (Å²) < 4.78 is 0. The Labute approximate surface area is 125 Å². The molecular weight excluding hydrogens is 244 g/mol. The highest BCUT2D eigenvalue weighted by Crippen LogP contribution is 2.31. The first kappa shape index (κ1) is 14.8. The fourth-order valence-electron chi connectivity index (χ4n) is 4.89. The van der Waals surface area contributed by atoms with E-state index in [0.29, 0.717) is 0 Å². The van der Waals surface area contributed by atoms with Gasteiger partial charge in [-0.05, 0) is 57.5 Å². The van der Waals surface area contributed by atoms with Crippen LogP contribution in [0.3, 0.4) is 0 Å². The van der Waals surface area contributed by atoms with Crippen molar-refractivity contribution in [3.05, 3.63) is 0 Å². The van der Waals surface area contributed by atoms with Crippen LogP contribution in [0.5, 0.6) is 0 Å². The van der Waals surface area contributed by atoms with Crippen molar-refractivity contribution < 1.29 is 0 Å². The van der Waals surface area contributed by atoms with E-state index in [2.05, 4.69) is 23.6 Å². The topological polar surface area (TPSA) is 6.48 Å². The molecule has 0 amide bonds. The largest absolute Gasteiger partial charge is 0.298 e. The standard InChI is InChI=1S/C18H34N2/c1-15-6-5-7-17(12-15)9-11-19-14-18-8-3-4-10-20(18)13-16(19)2/h15-18H,3-14H2,1-2H3. The highest BCUT2D eigenvalue weighted by atomic mass is 15.3. The first-order chi connectivity index (χ1) is 9.72. The number of hydrogen-bond donors (Lipinski definition) is 0. The minimum atomic E-state index is 0.783. The Hall–Kier alpha value is -0.0800. The van der Waals surface area contributed by atoms with Gasteiger partial charge in [-0.15, -0.1) is 0 Å². The molecule has 4 unspecified atom stereocenters. The third-order valence-electron chi connectivity index (χ3n) is 6.19. The van der Waals surface area contributed by atoms with E-state index in [-0.39, 0.29) is 0 Å². The molecular formula is C18H34N2. The van der Waals surface area contributed by atoms with E-state index >= 15 is 0 Å². The Balaban J connectivity index is 1.47. The summed E-state index contributed by atoms with van der Waals surface area (Å²) in [5.41, 5.74) is 0. The highest BCUT2D eigenvalue weighted by Gasteiger charge is 2.33. The second-order valence-electron chi connectivity index (χ2n) is 7.91. The monoisotopic (exact) mass is 278 g/mol. The highest BCUT2D eigenvalue weighted by molar-refractivity contribution is 4.89. The molecule has 4 atom stereocenters. The summed E-state index contributed by atoms with van der Waals surface area (Å²) in [5.74, 6) is 2.01. The van der Waals surface area contributed by atoms with Gasteiger partial charge in [0.15, 0.2) is 0 Å². The average Bonchev–Trinajstić information content (AvgIpc) is 2.45. The molecule has 3 fully saturated rings. The van der Waals surface area contributed by atoms with Crippen LogP contribution in [0, 0.1) is 11.8 Å². The van der Waals surface area contributed by atoms with Crippen LogP contribution >= 0.6 is 0 Å². The zero-order chi connectivity index (χ0) is 13.9. The fourth-order valence-corrected chi connectivity index (χ4v) is 4.89. The number of piperazine rings is 1. The predicted molar refractivity (Wildman–Crippen MR) is 86.0 cm³/mol. The van der Waals surface area contributed by atoms with Gasteiger partial charge in [-0.1, -0.05) is 32.6 Å². The van der Waals surface area contributed by atoms with E-state index in [4.69, 9.17) is 0 Å². The zero-order valence-corrected chi connectivity index (χ0v) is 13.7. The first-order valence-electron chi connectivity index (χ1n) is 9.20. The Kier molecular flexibility index (Phi) is 5.04. The van der Waals surface area contributed by atoms with Gasteiger partial charge in [0.2, 0.25) is 0 Å². The lowest BCUT2D eigenvalue weighted by Crippen LogP contribution is -2.58. The summed E-state index contributed by atoms with van der Waals surface area (Å²) in [5, 5.41) is 0. The Morgan fingerprint density at radius 1 is 0.950 bits per heavy atom. The van der Waals surface area contributed by atoms with E-state index in [0.717, 1.165) is 23.9 Å². The number of nitrogens with zero attached hydrogens (tertiary/aromatic N) is 2. The van der Waals surface area contributed by atoms with Gasteiger partial charge in [-0.2, -0.15) is 0 Å². The van der Waals surface area contributed by atoms with Crippen molar-refractivity contribution in [2.75, 3.05) is 26.2 Å².